The lowest BCUT2D eigenvalue weighted by Gasteiger charge is -2.30. The van der Waals surface area contributed by atoms with Crippen molar-refractivity contribution >= 4 is 6.03 Å². The van der Waals surface area contributed by atoms with Crippen LogP contribution in [0.15, 0.2) is 0 Å². The lowest BCUT2D eigenvalue weighted by molar-refractivity contribution is 0.141. The maximum atomic E-state index is 12.3. The Morgan fingerprint density at radius 3 is 2.59 bits per heavy atom. The van der Waals surface area contributed by atoms with E-state index in [9.17, 15) is 9.90 Å². The Labute approximate surface area is 103 Å². The van der Waals surface area contributed by atoms with Gasteiger partial charge in [-0.3, -0.25) is 0 Å². The number of carbonyl (C=O) groups is 1. The van der Waals surface area contributed by atoms with Gasteiger partial charge in [0.15, 0.2) is 0 Å². The van der Waals surface area contributed by atoms with Crippen molar-refractivity contribution in [3.63, 3.8) is 0 Å². The van der Waals surface area contributed by atoms with E-state index in [1.165, 1.54) is 0 Å². The molecule has 2 unspecified atom stereocenters. The molecule has 2 rings (SSSR count). The SMILES string of the molecule is CN(C)CC1CC(O)CN1C(=O)N1CCCC1. The zero-order valence-electron chi connectivity index (χ0n) is 10.8. The summed E-state index contributed by atoms with van der Waals surface area (Å²) in [4.78, 5) is 18.2. The molecule has 2 aliphatic heterocycles. The molecule has 98 valence electrons. The molecule has 0 aromatic heterocycles. The van der Waals surface area contributed by atoms with E-state index < -0.39 is 0 Å². The van der Waals surface area contributed by atoms with Gasteiger partial charge in [0.25, 0.3) is 0 Å². The highest BCUT2D eigenvalue weighted by molar-refractivity contribution is 5.75. The van der Waals surface area contributed by atoms with Crippen LogP contribution in [-0.4, -0.2) is 78.3 Å². The second kappa shape index (κ2) is 5.23. The van der Waals surface area contributed by atoms with Gasteiger partial charge in [0, 0.05) is 32.2 Å². The molecule has 2 heterocycles. The van der Waals surface area contributed by atoms with E-state index in [4.69, 9.17) is 0 Å². The number of carbonyl (C=O) groups excluding carboxylic acids is 1. The van der Waals surface area contributed by atoms with E-state index in [0.29, 0.717) is 13.0 Å². The lowest BCUT2D eigenvalue weighted by Crippen LogP contribution is -2.47. The summed E-state index contributed by atoms with van der Waals surface area (Å²) in [5, 5.41) is 9.74. The maximum Gasteiger partial charge on any atom is 0.320 e. The van der Waals surface area contributed by atoms with Gasteiger partial charge in [0.05, 0.1) is 6.10 Å². The third-order valence-corrected chi connectivity index (χ3v) is 3.59. The first-order chi connectivity index (χ1) is 8.08. The van der Waals surface area contributed by atoms with Crippen LogP contribution in [-0.2, 0) is 0 Å². The highest BCUT2D eigenvalue weighted by atomic mass is 16.3. The van der Waals surface area contributed by atoms with Gasteiger partial charge < -0.3 is 19.8 Å². The molecule has 0 spiro atoms. The topological polar surface area (TPSA) is 47.0 Å². The molecule has 0 bridgehead atoms. The number of urea groups is 1. The summed E-state index contributed by atoms with van der Waals surface area (Å²) < 4.78 is 0. The van der Waals surface area contributed by atoms with Crippen LogP contribution in [0.25, 0.3) is 0 Å². The first-order valence-corrected chi connectivity index (χ1v) is 6.46. The van der Waals surface area contributed by atoms with Gasteiger partial charge in [-0.05, 0) is 33.4 Å². The average molecular weight is 241 g/mol. The Kier molecular flexibility index (Phi) is 3.89. The Bertz CT molecular complexity index is 277. The number of hydrogen-bond donors (Lipinski definition) is 1. The van der Waals surface area contributed by atoms with Gasteiger partial charge in [-0.15, -0.1) is 0 Å². The van der Waals surface area contributed by atoms with Crippen LogP contribution < -0.4 is 0 Å². The van der Waals surface area contributed by atoms with Crippen LogP contribution >= 0.6 is 0 Å². The summed E-state index contributed by atoms with van der Waals surface area (Å²) in [6.07, 6.45) is 2.57. The Balaban J connectivity index is 1.98. The molecule has 0 aromatic rings. The number of hydrogen-bond acceptors (Lipinski definition) is 3. The van der Waals surface area contributed by atoms with E-state index in [2.05, 4.69) is 4.90 Å². The molecular formula is C12H23N3O2. The Morgan fingerprint density at radius 2 is 2.00 bits per heavy atom. The van der Waals surface area contributed by atoms with E-state index >= 15 is 0 Å². The average Bonchev–Trinajstić information content (AvgIpc) is 2.85. The van der Waals surface area contributed by atoms with Crippen LogP contribution in [0.1, 0.15) is 19.3 Å². The van der Waals surface area contributed by atoms with Crippen molar-refractivity contribution in [1.82, 2.24) is 14.7 Å². The fraction of sp³-hybridized carbons (Fsp3) is 0.917. The molecule has 2 atom stereocenters. The minimum atomic E-state index is -0.355. The number of amides is 2. The third kappa shape index (κ3) is 2.90. The van der Waals surface area contributed by atoms with Crippen molar-refractivity contribution in [3.8, 4) is 0 Å². The van der Waals surface area contributed by atoms with Crippen molar-refractivity contribution in [2.24, 2.45) is 0 Å². The van der Waals surface area contributed by atoms with Gasteiger partial charge >= 0.3 is 6.03 Å². The van der Waals surface area contributed by atoms with Crippen LogP contribution in [0.2, 0.25) is 0 Å². The van der Waals surface area contributed by atoms with Gasteiger partial charge in [-0.2, -0.15) is 0 Å². The first kappa shape index (κ1) is 12.6. The quantitative estimate of drug-likeness (QED) is 0.751. The largest absolute Gasteiger partial charge is 0.391 e. The van der Waals surface area contributed by atoms with E-state index in [1.54, 1.807) is 0 Å². The predicted octanol–water partition coefficient (Wildman–Crippen LogP) is 0.199. The van der Waals surface area contributed by atoms with Gasteiger partial charge in [0.2, 0.25) is 0 Å². The van der Waals surface area contributed by atoms with Crippen LogP contribution in [0.3, 0.4) is 0 Å². The maximum absolute atomic E-state index is 12.3. The summed E-state index contributed by atoms with van der Waals surface area (Å²) in [7, 11) is 4.01. The number of rotatable bonds is 2. The van der Waals surface area contributed by atoms with E-state index in [-0.39, 0.29) is 18.2 Å². The number of nitrogens with zero attached hydrogens (tertiary/aromatic N) is 3. The predicted molar refractivity (Wildman–Crippen MR) is 65.9 cm³/mol. The molecule has 5 heteroatoms. The lowest BCUT2D eigenvalue weighted by atomic mass is 10.2. The molecule has 1 N–H and O–H groups in total. The van der Waals surface area contributed by atoms with Crippen molar-refractivity contribution < 1.29 is 9.90 Å². The Morgan fingerprint density at radius 1 is 1.35 bits per heavy atom. The smallest absolute Gasteiger partial charge is 0.320 e. The third-order valence-electron chi connectivity index (χ3n) is 3.59. The van der Waals surface area contributed by atoms with Crippen molar-refractivity contribution in [2.75, 3.05) is 40.3 Å². The number of aliphatic hydroxyl groups excluding tert-OH is 1. The molecule has 2 saturated heterocycles. The van der Waals surface area contributed by atoms with Crippen LogP contribution in [0, 0.1) is 0 Å². The van der Waals surface area contributed by atoms with Crippen molar-refractivity contribution in [2.45, 2.75) is 31.4 Å². The number of likely N-dealkylation sites (tertiary alicyclic amines) is 2. The molecule has 0 radical (unpaired) electrons. The van der Waals surface area contributed by atoms with E-state index in [0.717, 1.165) is 32.5 Å². The second-order valence-corrected chi connectivity index (χ2v) is 5.43. The summed E-state index contributed by atoms with van der Waals surface area (Å²) in [5.74, 6) is 0. The zero-order valence-corrected chi connectivity index (χ0v) is 10.8. The number of likely N-dealkylation sites (N-methyl/N-ethyl adjacent to an activating group) is 1. The standard InChI is InChI=1S/C12H23N3O2/c1-13(2)8-10-7-11(16)9-15(10)12(17)14-5-3-4-6-14/h10-11,16H,3-9H2,1-2H3. The van der Waals surface area contributed by atoms with Gasteiger partial charge in [-0.25, -0.2) is 4.79 Å². The van der Waals surface area contributed by atoms with E-state index in [1.807, 2.05) is 23.9 Å². The molecular weight excluding hydrogens is 218 g/mol. The zero-order chi connectivity index (χ0) is 12.4. The monoisotopic (exact) mass is 241 g/mol. The van der Waals surface area contributed by atoms with Gasteiger partial charge in [0.1, 0.15) is 0 Å². The highest BCUT2D eigenvalue weighted by Gasteiger charge is 2.37. The minimum absolute atomic E-state index is 0.117. The summed E-state index contributed by atoms with van der Waals surface area (Å²) in [6.45, 7) is 3.07. The molecule has 2 fully saturated rings. The Hall–Kier alpha value is -0.810. The number of aliphatic hydroxyl groups is 1. The number of β-amino-alcohol motifs (C(OH)–C–C–N with tert-alkyl or cyclic N) is 1. The molecule has 17 heavy (non-hydrogen) atoms. The van der Waals surface area contributed by atoms with Crippen molar-refractivity contribution in [3.05, 3.63) is 0 Å². The second-order valence-electron chi connectivity index (χ2n) is 5.43. The molecule has 0 aliphatic carbocycles. The summed E-state index contributed by atoms with van der Waals surface area (Å²) >= 11 is 0. The van der Waals surface area contributed by atoms with Gasteiger partial charge in [-0.1, -0.05) is 0 Å². The fourth-order valence-electron chi connectivity index (χ4n) is 2.81. The minimum Gasteiger partial charge on any atom is -0.391 e. The normalized spacial score (nSPS) is 29.4. The highest BCUT2D eigenvalue weighted by Crippen LogP contribution is 2.22. The summed E-state index contributed by atoms with van der Waals surface area (Å²) in [6, 6.07) is 0.277. The molecule has 5 nitrogen and oxygen atoms in total. The van der Waals surface area contributed by atoms with Crippen molar-refractivity contribution in [1.29, 1.82) is 0 Å². The fourth-order valence-corrected chi connectivity index (χ4v) is 2.81. The molecule has 2 amide bonds. The molecule has 2 aliphatic rings. The molecule has 0 saturated carbocycles. The summed E-state index contributed by atoms with van der Waals surface area (Å²) in [5.41, 5.74) is 0. The molecule has 0 aromatic carbocycles. The van der Waals surface area contributed by atoms with Crippen LogP contribution in [0.4, 0.5) is 4.79 Å². The first-order valence-electron chi connectivity index (χ1n) is 6.46. The van der Waals surface area contributed by atoms with Crippen LogP contribution in [0.5, 0.6) is 0 Å².